The second kappa shape index (κ2) is 9.71. The first-order valence-electron chi connectivity index (χ1n) is 13.6. The standard InChI is InChI=1S/C34H25N3O4/c1-3-37(4-2)21-14-13-20-15-27(33(38)40-31(20)16-21)29-18-35-19-30(36-29)28-17-26-24-11-6-5-9-22(24)23-10-7-8-12-25(23)32(26)41-34(28)39/h5-19H,3-4H2,1-2H3. The van der Waals surface area contributed by atoms with E-state index >= 15 is 0 Å². The molecule has 0 fully saturated rings. The maximum atomic E-state index is 13.3. The van der Waals surface area contributed by atoms with E-state index in [0.29, 0.717) is 22.6 Å². The highest BCUT2D eigenvalue weighted by Gasteiger charge is 2.17. The minimum absolute atomic E-state index is 0.265. The zero-order valence-corrected chi connectivity index (χ0v) is 22.5. The van der Waals surface area contributed by atoms with E-state index in [9.17, 15) is 9.59 Å². The van der Waals surface area contributed by atoms with Gasteiger partial charge in [-0.25, -0.2) is 14.6 Å². The first kappa shape index (κ1) is 24.7. The molecule has 3 aromatic heterocycles. The number of hydrogen-bond donors (Lipinski definition) is 0. The molecular weight excluding hydrogens is 514 g/mol. The Labute approximate surface area is 234 Å². The number of nitrogens with zero attached hydrogens (tertiary/aromatic N) is 3. The van der Waals surface area contributed by atoms with E-state index in [4.69, 9.17) is 8.83 Å². The van der Waals surface area contributed by atoms with Crippen molar-refractivity contribution in [3.8, 4) is 22.5 Å². The van der Waals surface area contributed by atoms with E-state index in [0.717, 1.165) is 51.1 Å². The number of anilines is 1. The van der Waals surface area contributed by atoms with Crippen LogP contribution in [0, 0.1) is 0 Å². The highest BCUT2D eigenvalue weighted by atomic mass is 16.4. The molecule has 7 nitrogen and oxygen atoms in total. The summed E-state index contributed by atoms with van der Waals surface area (Å²) in [5, 5.41) is 5.48. The second-order valence-corrected chi connectivity index (χ2v) is 9.91. The SMILES string of the molecule is CCN(CC)c1ccc2cc(-c3cncc(-c4cc5c6ccccc6c6ccccc6c5oc4=O)n3)c(=O)oc2c1. The van der Waals surface area contributed by atoms with Gasteiger partial charge in [0.25, 0.3) is 0 Å². The molecule has 0 unspecified atom stereocenters. The van der Waals surface area contributed by atoms with Gasteiger partial charge >= 0.3 is 11.3 Å². The van der Waals surface area contributed by atoms with Gasteiger partial charge in [-0.1, -0.05) is 48.5 Å². The average molecular weight is 540 g/mol. The van der Waals surface area contributed by atoms with E-state index < -0.39 is 11.3 Å². The molecule has 0 spiro atoms. The Morgan fingerprint density at radius 2 is 1.24 bits per heavy atom. The Hall–Kier alpha value is -5.30. The number of aromatic nitrogens is 2. The van der Waals surface area contributed by atoms with Crippen LogP contribution in [0.25, 0.3) is 66.0 Å². The number of benzene rings is 4. The van der Waals surface area contributed by atoms with Crippen molar-refractivity contribution in [2.45, 2.75) is 13.8 Å². The summed E-state index contributed by atoms with van der Waals surface area (Å²) in [6.45, 7) is 5.86. The molecular formula is C34H25N3O4. The second-order valence-electron chi connectivity index (χ2n) is 9.91. The van der Waals surface area contributed by atoms with Gasteiger partial charge < -0.3 is 13.7 Å². The molecule has 4 aromatic carbocycles. The largest absolute Gasteiger partial charge is 0.422 e. The molecule has 0 N–H and O–H groups in total. The van der Waals surface area contributed by atoms with Gasteiger partial charge in [-0.15, -0.1) is 0 Å². The van der Waals surface area contributed by atoms with Crippen LogP contribution in [0.4, 0.5) is 5.69 Å². The van der Waals surface area contributed by atoms with Gasteiger partial charge in [-0.3, -0.25) is 4.98 Å². The molecule has 0 bridgehead atoms. The summed E-state index contributed by atoms with van der Waals surface area (Å²) in [4.78, 5) is 37.6. The number of hydrogen-bond acceptors (Lipinski definition) is 7. The fourth-order valence-corrected chi connectivity index (χ4v) is 5.61. The van der Waals surface area contributed by atoms with Crippen LogP contribution in [0.5, 0.6) is 0 Å². The van der Waals surface area contributed by atoms with Crippen molar-refractivity contribution < 1.29 is 8.83 Å². The molecule has 0 radical (unpaired) electrons. The summed E-state index contributed by atoms with van der Waals surface area (Å²) >= 11 is 0. The Morgan fingerprint density at radius 1 is 0.659 bits per heavy atom. The van der Waals surface area contributed by atoms with Crippen molar-refractivity contribution in [3.05, 3.63) is 112 Å². The minimum atomic E-state index is -0.529. The van der Waals surface area contributed by atoms with Crippen molar-refractivity contribution in [2.24, 2.45) is 0 Å². The van der Waals surface area contributed by atoms with Crippen molar-refractivity contribution >= 4 is 49.2 Å². The molecule has 0 atom stereocenters. The van der Waals surface area contributed by atoms with Crippen LogP contribution in [0.2, 0.25) is 0 Å². The van der Waals surface area contributed by atoms with E-state index in [2.05, 4.69) is 34.8 Å². The maximum Gasteiger partial charge on any atom is 0.345 e. The molecule has 200 valence electrons. The quantitative estimate of drug-likeness (QED) is 0.169. The topological polar surface area (TPSA) is 89.4 Å². The lowest BCUT2D eigenvalue weighted by atomic mass is 9.97. The third-order valence-corrected chi connectivity index (χ3v) is 7.66. The van der Waals surface area contributed by atoms with Gasteiger partial charge in [0.15, 0.2) is 0 Å². The maximum absolute atomic E-state index is 13.3. The summed E-state index contributed by atoms with van der Waals surface area (Å²) < 4.78 is 11.6. The van der Waals surface area contributed by atoms with Crippen LogP contribution in [-0.2, 0) is 0 Å². The van der Waals surface area contributed by atoms with E-state index in [1.807, 2.05) is 60.7 Å². The zero-order chi connectivity index (χ0) is 28.1. The molecule has 0 aliphatic heterocycles. The number of rotatable bonds is 5. The van der Waals surface area contributed by atoms with Crippen molar-refractivity contribution in [1.82, 2.24) is 9.97 Å². The third-order valence-electron chi connectivity index (χ3n) is 7.66. The molecule has 7 aromatic rings. The summed E-state index contributed by atoms with van der Waals surface area (Å²) in [6, 6.07) is 25.3. The zero-order valence-electron chi connectivity index (χ0n) is 22.5. The van der Waals surface area contributed by atoms with Crippen LogP contribution >= 0.6 is 0 Å². The van der Waals surface area contributed by atoms with Gasteiger partial charge in [-0.05, 0) is 54.3 Å². The molecule has 0 saturated carbocycles. The van der Waals surface area contributed by atoms with Crippen LogP contribution in [-0.4, -0.2) is 23.1 Å². The molecule has 0 amide bonds. The molecule has 7 rings (SSSR count). The van der Waals surface area contributed by atoms with Gasteiger partial charge in [0.05, 0.1) is 34.9 Å². The van der Waals surface area contributed by atoms with Crippen LogP contribution in [0.1, 0.15) is 13.8 Å². The molecule has 0 aliphatic rings. The highest BCUT2D eigenvalue weighted by Crippen LogP contribution is 2.35. The predicted octanol–water partition coefficient (Wildman–Crippen LogP) is 7.18. The van der Waals surface area contributed by atoms with Crippen molar-refractivity contribution in [3.63, 3.8) is 0 Å². The Bertz CT molecular complexity index is 2250. The minimum Gasteiger partial charge on any atom is -0.422 e. The van der Waals surface area contributed by atoms with Gasteiger partial charge in [0, 0.05) is 41.0 Å². The van der Waals surface area contributed by atoms with E-state index in [-0.39, 0.29) is 11.1 Å². The smallest absolute Gasteiger partial charge is 0.345 e. The Balaban J connectivity index is 1.38. The molecule has 0 saturated heterocycles. The summed E-state index contributed by atoms with van der Waals surface area (Å²) in [7, 11) is 0. The first-order valence-corrected chi connectivity index (χ1v) is 13.6. The molecule has 41 heavy (non-hydrogen) atoms. The van der Waals surface area contributed by atoms with Crippen LogP contribution < -0.4 is 16.2 Å². The monoisotopic (exact) mass is 539 g/mol. The summed E-state index contributed by atoms with van der Waals surface area (Å²) in [5.41, 5.74) is 2.12. The Kier molecular flexibility index (Phi) is 5.86. The lowest BCUT2D eigenvalue weighted by molar-refractivity contribution is 0.563. The lowest BCUT2D eigenvalue weighted by Gasteiger charge is -2.21. The van der Waals surface area contributed by atoms with Crippen molar-refractivity contribution in [2.75, 3.05) is 18.0 Å². The average Bonchev–Trinajstić information content (AvgIpc) is 3.01. The highest BCUT2D eigenvalue weighted by molar-refractivity contribution is 6.23. The fourth-order valence-electron chi connectivity index (χ4n) is 5.61. The molecule has 3 heterocycles. The van der Waals surface area contributed by atoms with E-state index in [1.54, 1.807) is 12.1 Å². The predicted molar refractivity (Wildman–Crippen MR) is 164 cm³/mol. The normalized spacial score (nSPS) is 11.6. The molecule has 0 aliphatic carbocycles. The molecule has 7 heteroatoms. The van der Waals surface area contributed by atoms with Crippen molar-refractivity contribution in [1.29, 1.82) is 0 Å². The van der Waals surface area contributed by atoms with Crippen LogP contribution in [0.3, 0.4) is 0 Å². The lowest BCUT2D eigenvalue weighted by Crippen LogP contribution is -2.21. The van der Waals surface area contributed by atoms with Gasteiger partial charge in [0.2, 0.25) is 0 Å². The third kappa shape index (κ3) is 4.05. The first-order chi connectivity index (χ1) is 20.1. The summed E-state index contributed by atoms with van der Waals surface area (Å²) in [6.07, 6.45) is 3.00. The van der Waals surface area contributed by atoms with Gasteiger partial charge in [-0.2, -0.15) is 0 Å². The van der Waals surface area contributed by atoms with E-state index in [1.165, 1.54) is 12.4 Å². The Morgan fingerprint density at radius 3 is 1.93 bits per heavy atom. The number of fused-ring (bicyclic) bond motifs is 7. The van der Waals surface area contributed by atoms with Gasteiger partial charge in [0.1, 0.15) is 11.2 Å². The summed E-state index contributed by atoms with van der Waals surface area (Å²) in [5.74, 6) is 0. The van der Waals surface area contributed by atoms with Crippen LogP contribution in [0.15, 0.2) is 110 Å². The fraction of sp³-hybridized carbons (Fsp3) is 0.118.